The van der Waals surface area contributed by atoms with Gasteiger partial charge < -0.3 is 0 Å². The third-order valence-electron chi connectivity index (χ3n) is 6.28. The van der Waals surface area contributed by atoms with E-state index in [0.29, 0.717) is 5.39 Å². The summed E-state index contributed by atoms with van der Waals surface area (Å²) in [4.78, 5) is 5.08. The highest BCUT2D eigenvalue weighted by molar-refractivity contribution is 7.26. The smallest absolute Gasteiger partial charge is 0.147 e. The second kappa shape index (κ2) is 6.99. The van der Waals surface area contributed by atoms with Crippen molar-refractivity contribution in [3.05, 3.63) is 109 Å². The summed E-state index contributed by atoms with van der Waals surface area (Å²) in [6, 6.07) is 34.4. The number of benzene rings is 5. The number of halogens is 1. The Labute approximate surface area is 193 Å². The quantitative estimate of drug-likeness (QED) is 0.262. The van der Waals surface area contributed by atoms with Crippen LogP contribution in [0.5, 0.6) is 0 Å². The molecule has 2 aromatic heterocycles. The molecule has 0 unspecified atom stereocenters. The van der Waals surface area contributed by atoms with E-state index in [4.69, 9.17) is 4.98 Å². The summed E-state index contributed by atoms with van der Waals surface area (Å²) in [7, 11) is 0. The van der Waals surface area contributed by atoms with E-state index >= 15 is 0 Å². The van der Waals surface area contributed by atoms with E-state index in [1.165, 1.54) is 16.8 Å². The van der Waals surface area contributed by atoms with Crippen molar-refractivity contribution in [1.82, 2.24) is 9.55 Å². The van der Waals surface area contributed by atoms with Crippen LogP contribution >= 0.6 is 11.3 Å². The highest BCUT2D eigenvalue weighted by Crippen LogP contribution is 2.42. The van der Waals surface area contributed by atoms with Crippen LogP contribution in [0.25, 0.3) is 59.1 Å². The van der Waals surface area contributed by atoms with Gasteiger partial charge in [-0.1, -0.05) is 66.7 Å². The molecule has 2 nitrogen and oxygen atoms in total. The Morgan fingerprint density at radius 1 is 0.697 bits per heavy atom. The van der Waals surface area contributed by atoms with E-state index < -0.39 is 0 Å². The van der Waals surface area contributed by atoms with Crippen LogP contribution in [0.15, 0.2) is 103 Å². The first kappa shape index (κ1) is 18.5. The number of hydrogen-bond donors (Lipinski definition) is 0. The fourth-order valence-corrected chi connectivity index (χ4v) is 6.06. The first-order valence-corrected chi connectivity index (χ1v) is 11.7. The molecule has 33 heavy (non-hydrogen) atoms. The van der Waals surface area contributed by atoms with Gasteiger partial charge in [0.2, 0.25) is 0 Å². The zero-order valence-electron chi connectivity index (χ0n) is 17.5. The Balaban J connectivity index is 1.63. The number of rotatable bonds is 2. The Kier molecular flexibility index (Phi) is 3.93. The molecule has 0 fully saturated rings. The maximum atomic E-state index is 14.8. The molecule has 2 heterocycles. The number of para-hydroxylation sites is 2. The van der Waals surface area contributed by atoms with Crippen molar-refractivity contribution in [1.29, 1.82) is 0 Å². The van der Waals surface area contributed by atoms with Gasteiger partial charge in [-0.2, -0.15) is 0 Å². The van der Waals surface area contributed by atoms with Gasteiger partial charge in [0.1, 0.15) is 11.6 Å². The minimum absolute atomic E-state index is 0.182. The lowest BCUT2D eigenvalue weighted by molar-refractivity contribution is 0.641. The van der Waals surface area contributed by atoms with Gasteiger partial charge in [-0.3, -0.25) is 4.57 Å². The number of aromatic nitrogens is 2. The van der Waals surface area contributed by atoms with Crippen LogP contribution in [-0.2, 0) is 0 Å². The van der Waals surface area contributed by atoms with Crippen molar-refractivity contribution in [2.75, 3.05) is 0 Å². The molecule has 0 N–H and O–H groups in total. The zero-order valence-corrected chi connectivity index (χ0v) is 18.3. The molecule has 0 bridgehead atoms. The van der Waals surface area contributed by atoms with Crippen molar-refractivity contribution in [3.63, 3.8) is 0 Å². The first-order valence-electron chi connectivity index (χ1n) is 10.9. The molecule has 0 saturated carbocycles. The molecule has 0 radical (unpaired) electrons. The summed E-state index contributed by atoms with van der Waals surface area (Å²) in [5.74, 6) is 0.684. The lowest BCUT2D eigenvalue weighted by Crippen LogP contribution is -1.98. The molecule has 7 aromatic rings. The van der Waals surface area contributed by atoms with Crippen molar-refractivity contribution >= 4 is 53.3 Å². The first-order chi connectivity index (χ1) is 16.3. The number of nitrogens with zero attached hydrogens (tertiary/aromatic N) is 2. The standard InChI is InChI=1S/C29H17FN2S/c30-22-13-7-17-26-27(22)20-11-6-12-21(28(20)33-26)29-31-23-14-3-4-15-25(23)32(29)24-16-5-9-18-8-1-2-10-19(18)24/h1-17H. The molecule has 0 aliphatic heterocycles. The van der Waals surface area contributed by atoms with Gasteiger partial charge in [0.15, 0.2) is 0 Å². The number of hydrogen-bond acceptors (Lipinski definition) is 2. The van der Waals surface area contributed by atoms with Gasteiger partial charge in [0.05, 0.1) is 16.7 Å². The van der Waals surface area contributed by atoms with E-state index in [1.54, 1.807) is 17.4 Å². The summed E-state index contributed by atoms with van der Waals surface area (Å²) in [6.07, 6.45) is 0. The largest absolute Gasteiger partial charge is 0.292 e. The third-order valence-corrected chi connectivity index (χ3v) is 7.49. The minimum atomic E-state index is -0.182. The molecule has 0 atom stereocenters. The monoisotopic (exact) mass is 444 g/mol. The number of thiophene rings is 1. The van der Waals surface area contributed by atoms with Gasteiger partial charge in [-0.15, -0.1) is 11.3 Å². The lowest BCUT2D eigenvalue weighted by atomic mass is 10.1. The molecular weight excluding hydrogens is 427 g/mol. The van der Waals surface area contributed by atoms with E-state index in [1.807, 2.05) is 36.4 Å². The highest BCUT2D eigenvalue weighted by Gasteiger charge is 2.20. The van der Waals surface area contributed by atoms with Crippen LogP contribution < -0.4 is 0 Å². The maximum Gasteiger partial charge on any atom is 0.147 e. The van der Waals surface area contributed by atoms with E-state index in [0.717, 1.165) is 42.9 Å². The summed E-state index contributed by atoms with van der Waals surface area (Å²) in [5, 5.41) is 3.97. The Morgan fingerprint density at radius 3 is 2.42 bits per heavy atom. The number of imidazole rings is 1. The van der Waals surface area contributed by atoms with E-state index in [2.05, 4.69) is 59.2 Å². The highest BCUT2D eigenvalue weighted by atomic mass is 32.1. The van der Waals surface area contributed by atoms with Crippen molar-refractivity contribution in [2.24, 2.45) is 0 Å². The van der Waals surface area contributed by atoms with E-state index in [-0.39, 0.29) is 5.82 Å². The zero-order chi connectivity index (χ0) is 21.9. The molecule has 0 saturated heterocycles. The molecule has 0 aliphatic carbocycles. The van der Waals surface area contributed by atoms with Crippen molar-refractivity contribution in [3.8, 4) is 17.1 Å². The SMILES string of the molecule is Fc1cccc2sc3c(-c4nc5ccccc5n4-c4cccc5ccccc45)cccc3c12. The molecule has 156 valence electrons. The van der Waals surface area contributed by atoms with Gasteiger partial charge in [0, 0.05) is 31.1 Å². The minimum Gasteiger partial charge on any atom is -0.292 e. The van der Waals surface area contributed by atoms with Crippen LogP contribution in [0, 0.1) is 5.82 Å². The topological polar surface area (TPSA) is 17.8 Å². The van der Waals surface area contributed by atoms with Crippen LogP contribution in [-0.4, -0.2) is 9.55 Å². The van der Waals surface area contributed by atoms with Gasteiger partial charge in [-0.05, 0) is 41.8 Å². The van der Waals surface area contributed by atoms with Gasteiger partial charge >= 0.3 is 0 Å². The number of fused-ring (bicyclic) bond motifs is 5. The summed E-state index contributed by atoms with van der Waals surface area (Å²) in [5.41, 5.74) is 4.08. The van der Waals surface area contributed by atoms with Gasteiger partial charge in [-0.25, -0.2) is 9.37 Å². The normalized spacial score (nSPS) is 11.8. The fourth-order valence-electron chi connectivity index (χ4n) is 4.83. The summed E-state index contributed by atoms with van der Waals surface area (Å²) < 4.78 is 19.0. The molecule has 0 spiro atoms. The predicted molar refractivity (Wildman–Crippen MR) is 137 cm³/mol. The van der Waals surface area contributed by atoms with Crippen LogP contribution in [0.3, 0.4) is 0 Å². The fraction of sp³-hybridized carbons (Fsp3) is 0. The molecular formula is C29H17FN2S. The average Bonchev–Trinajstić information content (AvgIpc) is 3.43. The van der Waals surface area contributed by atoms with Gasteiger partial charge in [0.25, 0.3) is 0 Å². The maximum absolute atomic E-state index is 14.8. The Morgan fingerprint density at radius 2 is 1.45 bits per heavy atom. The average molecular weight is 445 g/mol. The third kappa shape index (κ3) is 2.68. The molecule has 5 aromatic carbocycles. The second-order valence-electron chi connectivity index (χ2n) is 8.16. The van der Waals surface area contributed by atoms with Crippen LogP contribution in [0.1, 0.15) is 0 Å². The lowest BCUT2D eigenvalue weighted by Gasteiger charge is -2.13. The molecule has 4 heteroatoms. The molecule has 7 rings (SSSR count). The summed E-state index contributed by atoms with van der Waals surface area (Å²) in [6.45, 7) is 0. The van der Waals surface area contributed by atoms with Crippen LogP contribution in [0.2, 0.25) is 0 Å². The van der Waals surface area contributed by atoms with Crippen molar-refractivity contribution in [2.45, 2.75) is 0 Å². The van der Waals surface area contributed by atoms with Crippen molar-refractivity contribution < 1.29 is 4.39 Å². The van der Waals surface area contributed by atoms with E-state index in [9.17, 15) is 4.39 Å². The molecule has 0 amide bonds. The van der Waals surface area contributed by atoms with Crippen LogP contribution in [0.4, 0.5) is 4.39 Å². The predicted octanol–water partition coefficient (Wildman–Crippen LogP) is 8.35. The summed E-state index contributed by atoms with van der Waals surface area (Å²) >= 11 is 1.62. The second-order valence-corrected chi connectivity index (χ2v) is 9.21. The molecule has 0 aliphatic rings. The Bertz CT molecular complexity index is 1840. The Hall–Kier alpha value is -4.02.